The number of aliphatic hydroxyl groups is 1. The number of hydrogen-bond acceptors (Lipinski definition) is 6. The largest absolute Gasteiger partial charge is 0.434 e. The summed E-state index contributed by atoms with van der Waals surface area (Å²) in [5.74, 6) is 1.09. The predicted molar refractivity (Wildman–Crippen MR) is 126 cm³/mol. The van der Waals surface area contributed by atoms with Gasteiger partial charge in [-0.05, 0) is 50.1 Å². The number of imidazole rings is 1. The standard InChI is InChI=1S/C25H23ClF2N4O3/c1-13-6-18(26)17-11-34-12-21-31-19-5-4-14(15-8-29-23(30-9-15)25(2,3)33)7-20(19)32(21)10-16(17)22(13)35-24(27)28/h4-9,24,33H,10-12H2,1-3H3. The summed E-state index contributed by atoms with van der Waals surface area (Å²) in [5.41, 5.74) is 3.67. The van der Waals surface area contributed by atoms with Gasteiger partial charge in [-0.2, -0.15) is 8.78 Å². The van der Waals surface area contributed by atoms with Gasteiger partial charge in [0.25, 0.3) is 0 Å². The fraction of sp³-hybridized carbons (Fsp3) is 0.320. The van der Waals surface area contributed by atoms with E-state index in [2.05, 4.69) is 9.97 Å². The molecule has 0 atom stereocenters. The van der Waals surface area contributed by atoms with Crippen LogP contribution in [0.3, 0.4) is 0 Å². The first kappa shape index (κ1) is 23.6. The van der Waals surface area contributed by atoms with Crippen molar-refractivity contribution in [3.05, 3.63) is 70.0 Å². The van der Waals surface area contributed by atoms with Gasteiger partial charge < -0.3 is 19.1 Å². The van der Waals surface area contributed by atoms with Gasteiger partial charge in [0, 0.05) is 34.1 Å². The lowest BCUT2D eigenvalue weighted by atomic mass is 10.0. The molecule has 0 aliphatic carbocycles. The van der Waals surface area contributed by atoms with Crippen LogP contribution in [0, 0.1) is 6.92 Å². The van der Waals surface area contributed by atoms with Crippen molar-refractivity contribution in [2.45, 2.75) is 52.7 Å². The molecule has 0 saturated carbocycles. The van der Waals surface area contributed by atoms with E-state index in [1.807, 2.05) is 22.8 Å². The number of aryl methyl sites for hydroxylation is 1. The normalized spacial score (nSPS) is 13.9. The number of rotatable bonds is 4. The molecule has 0 fully saturated rings. The zero-order chi connectivity index (χ0) is 24.9. The number of aromatic nitrogens is 4. The predicted octanol–water partition coefficient (Wildman–Crippen LogP) is 5.36. The van der Waals surface area contributed by atoms with Crippen LogP contribution in [0.5, 0.6) is 5.75 Å². The van der Waals surface area contributed by atoms with Crippen molar-refractivity contribution in [1.82, 2.24) is 19.5 Å². The fourth-order valence-electron chi connectivity index (χ4n) is 4.27. The van der Waals surface area contributed by atoms with Crippen LogP contribution < -0.4 is 4.74 Å². The number of benzene rings is 2. The van der Waals surface area contributed by atoms with Crippen molar-refractivity contribution in [3.63, 3.8) is 0 Å². The SMILES string of the molecule is Cc1cc(Cl)c2c(c1OC(F)F)Cn1c(nc3ccc(-c4cnc(C(C)(C)O)nc4)cc31)COC2. The average Bonchev–Trinajstić information content (AvgIpc) is 3.11. The van der Waals surface area contributed by atoms with Crippen LogP contribution in [0.15, 0.2) is 36.7 Å². The molecule has 0 bridgehead atoms. The molecule has 0 saturated heterocycles. The minimum absolute atomic E-state index is 0.101. The number of ether oxygens (including phenoxy) is 2. The molecule has 7 nitrogen and oxygen atoms in total. The van der Waals surface area contributed by atoms with Crippen LogP contribution in [0.2, 0.25) is 5.02 Å². The number of nitrogens with zero attached hydrogens (tertiary/aromatic N) is 4. The molecule has 0 amide bonds. The average molecular weight is 501 g/mol. The van der Waals surface area contributed by atoms with E-state index in [9.17, 15) is 13.9 Å². The van der Waals surface area contributed by atoms with E-state index in [1.165, 1.54) is 0 Å². The number of fused-ring (bicyclic) bond motifs is 4. The first-order valence-corrected chi connectivity index (χ1v) is 11.4. The van der Waals surface area contributed by atoms with E-state index in [-0.39, 0.29) is 25.5 Å². The van der Waals surface area contributed by atoms with Crippen LogP contribution in [0.1, 0.15) is 42.2 Å². The number of hydrogen-bond donors (Lipinski definition) is 1. The van der Waals surface area contributed by atoms with Crippen molar-refractivity contribution in [2.24, 2.45) is 0 Å². The van der Waals surface area contributed by atoms with Crippen molar-refractivity contribution in [2.75, 3.05) is 0 Å². The maximum absolute atomic E-state index is 13.3. The first-order chi connectivity index (χ1) is 16.6. The Hall–Kier alpha value is -3.14. The molecule has 35 heavy (non-hydrogen) atoms. The highest BCUT2D eigenvalue weighted by molar-refractivity contribution is 6.31. The highest BCUT2D eigenvalue weighted by atomic mass is 35.5. The Labute approximate surface area is 205 Å². The van der Waals surface area contributed by atoms with Gasteiger partial charge in [0.15, 0.2) is 5.82 Å². The Morgan fingerprint density at radius 1 is 1.11 bits per heavy atom. The van der Waals surface area contributed by atoms with Crippen LogP contribution in [0.25, 0.3) is 22.2 Å². The van der Waals surface area contributed by atoms with Crippen molar-refractivity contribution in [3.8, 4) is 16.9 Å². The Morgan fingerprint density at radius 2 is 1.86 bits per heavy atom. The Morgan fingerprint density at radius 3 is 2.54 bits per heavy atom. The summed E-state index contributed by atoms with van der Waals surface area (Å²) >= 11 is 6.47. The summed E-state index contributed by atoms with van der Waals surface area (Å²) in [7, 11) is 0. The van der Waals surface area contributed by atoms with Gasteiger partial charge in [0.1, 0.15) is 23.8 Å². The molecule has 1 N–H and O–H groups in total. The molecule has 5 rings (SSSR count). The van der Waals surface area contributed by atoms with Crippen LogP contribution in [-0.2, 0) is 30.1 Å². The second-order valence-electron chi connectivity index (χ2n) is 9.00. The molecule has 1 aliphatic rings. The highest BCUT2D eigenvalue weighted by Gasteiger charge is 2.25. The molecule has 0 radical (unpaired) electrons. The summed E-state index contributed by atoms with van der Waals surface area (Å²) in [4.78, 5) is 13.3. The third kappa shape index (κ3) is 4.47. The van der Waals surface area contributed by atoms with Crippen molar-refractivity contribution < 1.29 is 23.4 Å². The third-order valence-electron chi connectivity index (χ3n) is 5.99. The lowest BCUT2D eigenvalue weighted by Crippen LogP contribution is -2.19. The van der Waals surface area contributed by atoms with E-state index in [0.717, 1.165) is 22.2 Å². The van der Waals surface area contributed by atoms with Crippen LogP contribution in [-0.4, -0.2) is 31.2 Å². The fourth-order valence-corrected chi connectivity index (χ4v) is 4.61. The maximum atomic E-state index is 13.3. The topological polar surface area (TPSA) is 82.3 Å². The molecular weight excluding hydrogens is 478 g/mol. The van der Waals surface area contributed by atoms with Crippen molar-refractivity contribution in [1.29, 1.82) is 0 Å². The van der Waals surface area contributed by atoms with Crippen molar-refractivity contribution >= 4 is 22.6 Å². The summed E-state index contributed by atoms with van der Waals surface area (Å²) in [6.45, 7) is 2.60. The van der Waals surface area contributed by atoms with Crippen LogP contribution >= 0.6 is 11.6 Å². The lowest BCUT2D eigenvalue weighted by molar-refractivity contribution is -0.0511. The maximum Gasteiger partial charge on any atom is 0.387 e. The van der Waals surface area contributed by atoms with E-state index >= 15 is 0 Å². The molecular formula is C25H23ClF2N4O3. The smallest absolute Gasteiger partial charge is 0.387 e. The molecule has 0 spiro atoms. The summed E-state index contributed by atoms with van der Waals surface area (Å²) in [6, 6.07) is 7.35. The molecule has 182 valence electrons. The van der Waals surface area contributed by atoms with Gasteiger partial charge in [-0.25, -0.2) is 15.0 Å². The summed E-state index contributed by atoms with van der Waals surface area (Å²) in [5, 5.41) is 10.6. The lowest BCUT2D eigenvalue weighted by Gasteiger charge is -2.23. The van der Waals surface area contributed by atoms with Gasteiger partial charge >= 0.3 is 6.61 Å². The zero-order valence-electron chi connectivity index (χ0n) is 19.3. The highest BCUT2D eigenvalue weighted by Crippen LogP contribution is 2.37. The third-order valence-corrected chi connectivity index (χ3v) is 6.33. The molecule has 2 aromatic heterocycles. The quantitative estimate of drug-likeness (QED) is 0.406. The van der Waals surface area contributed by atoms with E-state index < -0.39 is 12.2 Å². The minimum atomic E-state index is -2.97. The molecule has 10 heteroatoms. The molecule has 4 aromatic rings. The Balaban J connectivity index is 1.63. The number of alkyl halides is 2. The van der Waals surface area contributed by atoms with Gasteiger partial charge in [0.2, 0.25) is 0 Å². The van der Waals surface area contributed by atoms with E-state index in [1.54, 1.807) is 39.2 Å². The summed E-state index contributed by atoms with van der Waals surface area (Å²) in [6.07, 6.45) is 3.31. The molecule has 2 aromatic carbocycles. The molecule has 1 aliphatic heterocycles. The first-order valence-electron chi connectivity index (χ1n) is 11.0. The van der Waals surface area contributed by atoms with Gasteiger partial charge in [-0.3, -0.25) is 0 Å². The Kier molecular flexibility index (Phi) is 5.94. The number of halogens is 3. The van der Waals surface area contributed by atoms with Gasteiger partial charge in [-0.15, -0.1) is 0 Å². The minimum Gasteiger partial charge on any atom is -0.434 e. The molecule has 0 unspecified atom stereocenters. The zero-order valence-corrected chi connectivity index (χ0v) is 20.1. The second kappa shape index (κ2) is 8.82. The van der Waals surface area contributed by atoms with E-state index in [0.29, 0.717) is 33.4 Å². The van der Waals surface area contributed by atoms with E-state index in [4.69, 9.17) is 26.1 Å². The summed E-state index contributed by atoms with van der Waals surface area (Å²) < 4.78 is 39.2. The Bertz CT molecular complexity index is 1420. The van der Waals surface area contributed by atoms with Gasteiger partial charge in [0.05, 0.1) is 24.2 Å². The van der Waals surface area contributed by atoms with Crippen LogP contribution in [0.4, 0.5) is 8.78 Å². The molecule has 3 heterocycles. The second-order valence-corrected chi connectivity index (χ2v) is 9.41. The monoisotopic (exact) mass is 500 g/mol. The van der Waals surface area contributed by atoms with Gasteiger partial charge in [-0.1, -0.05) is 17.7 Å².